The van der Waals surface area contributed by atoms with Gasteiger partial charge in [-0.1, -0.05) is 37.3 Å². The first-order valence-electron chi connectivity index (χ1n) is 5.68. The van der Waals surface area contributed by atoms with Crippen LogP contribution in [0.3, 0.4) is 0 Å². The van der Waals surface area contributed by atoms with Gasteiger partial charge in [0.15, 0.2) is 0 Å². The molecule has 2 atom stereocenters. The Hall–Kier alpha value is -1.84. The first kappa shape index (κ1) is 11.6. The van der Waals surface area contributed by atoms with Crippen molar-refractivity contribution in [2.75, 3.05) is 0 Å². The fraction of sp³-hybridized carbons (Fsp3) is 0.385. The Bertz CT molecular complexity index is 416. The van der Waals surface area contributed by atoms with Crippen molar-refractivity contribution in [1.82, 2.24) is 5.32 Å². The van der Waals surface area contributed by atoms with E-state index < -0.39 is 6.04 Å². The van der Waals surface area contributed by atoms with Crippen LogP contribution in [-0.4, -0.2) is 17.9 Å². The van der Waals surface area contributed by atoms with Crippen molar-refractivity contribution in [2.24, 2.45) is 5.92 Å². The molecule has 1 aliphatic heterocycles. The van der Waals surface area contributed by atoms with Crippen molar-refractivity contribution >= 4 is 11.9 Å². The highest BCUT2D eigenvalue weighted by atomic mass is 16.5. The van der Waals surface area contributed by atoms with Crippen LogP contribution in [0.15, 0.2) is 30.3 Å². The summed E-state index contributed by atoms with van der Waals surface area (Å²) in [5.41, 5.74) is 0.943. The number of amides is 1. The molecule has 1 fully saturated rings. The molecule has 1 aromatic carbocycles. The normalized spacial score (nSPS) is 23.2. The van der Waals surface area contributed by atoms with E-state index in [-0.39, 0.29) is 24.4 Å². The minimum atomic E-state index is -0.485. The van der Waals surface area contributed by atoms with Crippen LogP contribution < -0.4 is 5.32 Å². The Kier molecular flexibility index (Phi) is 3.42. The van der Waals surface area contributed by atoms with Gasteiger partial charge < -0.3 is 10.1 Å². The van der Waals surface area contributed by atoms with Crippen molar-refractivity contribution in [2.45, 2.75) is 26.0 Å². The zero-order valence-corrected chi connectivity index (χ0v) is 9.68. The second-order valence-corrected chi connectivity index (χ2v) is 4.29. The summed E-state index contributed by atoms with van der Waals surface area (Å²) < 4.78 is 5.16. The maximum atomic E-state index is 11.7. The second-order valence-electron chi connectivity index (χ2n) is 4.29. The summed E-state index contributed by atoms with van der Waals surface area (Å²) in [4.78, 5) is 22.9. The fourth-order valence-corrected chi connectivity index (χ4v) is 1.82. The summed E-state index contributed by atoms with van der Waals surface area (Å²) in [6.07, 6.45) is 0.520. The highest BCUT2D eigenvalue weighted by Gasteiger charge is 2.34. The van der Waals surface area contributed by atoms with E-state index in [9.17, 15) is 9.59 Å². The molecule has 0 saturated carbocycles. The number of carbonyl (C=O) groups excluding carboxylic acids is 2. The average Bonchev–Trinajstić information content (AvgIpc) is 2.68. The van der Waals surface area contributed by atoms with Crippen molar-refractivity contribution in [3.05, 3.63) is 35.9 Å². The molecule has 90 valence electrons. The third kappa shape index (κ3) is 2.84. The third-order valence-corrected chi connectivity index (χ3v) is 2.86. The summed E-state index contributed by atoms with van der Waals surface area (Å²) in [7, 11) is 0. The summed E-state index contributed by atoms with van der Waals surface area (Å²) in [6.45, 7) is 2.06. The van der Waals surface area contributed by atoms with Gasteiger partial charge >= 0.3 is 5.97 Å². The molecule has 0 unspecified atom stereocenters. The minimum Gasteiger partial charge on any atom is -0.459 e. The van der Waals surface area contributed by atoms with Crippen LogP contribution in [0.4, 0.5) is 0 Å². The van der Waals surface area contributed by atoms with Gasteiger partial charge in [0, 0.05) is 5.92 Å². The fourth-order valence-electron chi connectivity index (χ4n) is 1.82. The van der Waals surface area contributed by atoms with Crippen molar-refractivity contribution in [3.8, 4) is 0 Å². The zero-order valence-electron chi connectivity index (χ0n) is 9.68. The second kappa shape index (κ2) is 4.99. The SMILES string of the molecule is C[C@@H]1C[C@@H](C(=O)OCc2ccccc2)NC1=O. The van der Waals surface area contributed by atoms with Crippen LogP contribution in [0.1, 0.15) is 18.9 Å². The lowest BCUT2D eigenvalue weighted by molar-refractivity contribution is -0.147. The standard InChI is InChI=1S/C13H15NO3/c1-9-7-11(14-12(9)15)13(16)17-8-10-5-3-2-4-6-10/h2-6,9,11H,7-8H2,1H3,(H,14,15)/t9-,11+/m1/s1. The van der Waals surface area contributed by atoms with Crippen LogP contribution in [0.5, 0.6) is 0 Å². The number of ether oxygens (including phenoxy) is 1. The van der Waals surface area contributed by atoms with Gasteiger partial charge in [-0.3, -0.25) is 4.79 Å². The Labute approximate surface area is 100.0 Å². The van der Waals surface area contributed by atoms with Crippen LogP contribution in [0.25, 0.3) is 0 Å². The van der Waals surface area contributed by atoms with Crippen molar-refractivity contribution in [3.63, 3.8) is 0 Å². The molecule has 1 aromatic rings. The van der Waals surface area contributed by atoms with Gasteiger partial charge in [-0.15, -0.1) is 0 Å². The largest absolute Gasteiger partial charge is 0.459 e. The molecule has 0 aromatic heterocycles. The molecule has 1 heterocycles. The third-order valence-electron chi connectivity index (χ3n) is 2.86. The van der Waals surface area contributed by atoms with Gasteiger partial charge in [0.1, 0.15) is 12.6 Å². The maximum absolute atomic E-state index is 11.7. The first-order valence-corrected chi connectivity index (χ1v) is 5.68. The van der Waals surface area contributed by atoms with Crippen LogP contribution in [-0.2, 0) is 20.9 Å². The molecule has 0 radical (unpaired) electrons. The number of rotatable bonds is 3. The minimum absolute atomic E-state index is 0.0772. The average molecular weight is 233 g/mol. The summed E-state index contributed by atoms with van der Waals surface area (Å²) in [6, 6.07) is 8.99. The lowest BCUT2D eigenvalue weighted by atomic mass is 10.1. The van der Waals surface area contributed by atoms with Gasteiger partial charge in [0.25, 0.3) is 0 Å². The van der Waals surface area contributed by atoms with Crippen LogP contribution in [0.2, 0.25) is 0 Å². The van der Waals surface area contributed by atoms with Crippen LogP contribution >= 0.6 is 0 Å². The van der Waals surface area contributed by atoms with E-state index in [1.165, 1.54) is 0 Å². The van der Waals surface area contributed by atoms with Gasteiger partial charge in [-0.05, 0) is 12.0 Å². The topological polar surface area (TPSA) is 55.4 Å². The van der Waals surface area contributed by atoms with E-state index in [2.05, 4.69) is 5.32 Å². The van der Waals surface area contributed by atoms with Crippen LogP contribution in [0, 0.1) is 5.92 Å². The van der Waals surface area contributed by atoms with E-state index in [0.717, 1.165) is 5.56 Å². The molecule has 0 spiro atoms. The molecule has 0 aliphatic carbocycles. The first-order chi connectivity index (χ1) is 8.16. The summed E-state index contributed by atoms with van der Waals surface area (Å²) >= 11 is 0. The van der Waals surface area contributed by atoms with Crippen molar-refractivity contribution in [1.29, 1.82) is 0 Å². The zero-order chi connectivity index (χ0) is 12.3. The summed E-state index contributed by atoms with van der Waals surface area (Å²) in [5.74, 6) is -0.539. The van der Waals surface area contributed by atoms with Gasteiger partial charge in [-0.2, -0.15) is 0 Å². The molecule has 2 rings (SSSR count). The molecule has 0 bridgehead atoms. The number of nitrogens with one attached hydrogen (secondary N) is 1. The number of hydrogen-bond donors (Lipinski definition) is 1. The molecule has 1 N–H and O–H groups in total. The molecule has 4 nitrogen and oxygen atoms in total. The lowest BCUT2D eigenvalue weighted by Crippen LogP contribution is -2.34. The number of esters is 1. The van der Waals surface area contributed by atoms with Crippen molar-refractivity contribution < 1.29 is 14.3 Å². The molecule has 17 heavy (non-hydrogen) atoms. The molecule has 1 aliphatic rings. The monoisotopic (exact) mass is 233 g/mol. The Morgan fingerprint density at radius 2 is 2.12 bits per heavy atom. The molecule has 1 saturated heterocycles. The Balaban J connectivity index is 1.84. The predicted molar refractivity (Wildman–Crippen MR) is 61.9 cm³/mol. The van der Waals surface area contributed by atoms with E-state index in [1.54, 1.807) is 6.92 Å². The predicted octanol–water partition coefficient (Wildman–Crippen LogP) is 1.25. The molecular formula is C13H15NO3. The van der Waals surface area contributed by atoms with E-state index >= 15 is 0 Å². The molecule has 4 heteroatoms. The lowest BCUT2D eigenvalue weighted by Gasteiger charge is -2.09. The highest BCUT2D eigenvalue weighted by molar-refractivity contribution is 5.89. The van der Waals surface area contributed by atoms with Gasteiger partial charge in [0.2, 0.25) is 5.91 Å². The molecule has 1 amide bonds. The van der Waals surface area contributed by atoms with E-state index in [0.29, 0.717) is 6.42 Å². The van der Waals surface area contributed by atoms with E-state index in [1.807, 2.05) is 30.3 Å². The van der Waals surface area contributed by atoms with E-state index in [4.69, 9.17) is 4.74 Å². The maximum Gasteiger partial charge on any atom is 0.328 e. The Morgan fingerprint density at radius 1 is 1.41 bits per heavy atom. The number of benzene rings is 1. The van der Waals surface area contributed by atoms with Gasteiger partial charge in [-0.25, -0.2) is 4.79 Å². The summed E-state index contributed by atoms with van der Waals surface area (Å²) in [5, 5.41) is 2.63. The quantitative estimate of drug-likeness (QED) is 0.799. The molecular weight excluding hydrogens is 218 g/mol. The number of hydrogen-bond acceptors (Lipinski definition) is 3. The smallest absolute Gasteiger partial charge is 0.328 e. The Morgan fingerprint density at radius 3 is 2.71 bits per heavy atom. The van der Waals surface area contributed by atoms with Gasteiger partial charge in [0.05, 0.1) is 0 Å². The number of carbonyl (C=O) groups is 2. The highest BCUT2D eigenvalue weighted by Crippen LogP contribution is 2.15.